The second-order valence-corrected chi connectivity index (χ2v) is 5.49. The van der Waals surface area contributed by atoms with Crippen molar-refractivity contribution in [2.24, 2.45) is 0 Å². The van der Waals surface area contributed by atoms with Crippen LogP contribution < -0.4 is 0 Å². The number of hydrogen-bond donors (Lipinski definition) is 1. The van der Waals surface area contributed by atoms with E-state index in [4.69, 9.17) is 0 Å². The predicted octanol–water partition coefficient (Wildman–Crippen LogP) is 1.63. The van der Waals surface area contributed by atoms with Crippen molar-refractivity contribution in [2.45, 2.75) is 11.6 Å². The Morgan fingerprint density at radius 3 is 2.52 bits per heavy atom. The Bertz CT molecular complexity index is 770. The minimum absolute atomic E-state index is 0.0886. The van der Waals surface area contributed by atoms with Crippen LogP contribution in [0.5, 0.6) is 0 Å². The van der Waals surface area contributed by atoms with E-state index in [1.807, 2.05) is 24.3 Å². The number of ketones is 1. The Morgan fingerprint density at radius 1 is 1.10 bits per heavy atom. The Balaban J connectivity index is 2.13. The van der Waals surface area contributed by atoms with Gasteiger partial charge in [-0.3, -0.25) is 9.59 Å². The van der Waals surface area contributed by atoms with Gasteiger partial charge in [0.2, 0.25) is 17.9 Å². The zero-order valence-corrected chi connectivity index (χ0v) is 11.2. The molecule has 21 heavy (non-hydrogen) atoms. The van der Waals surface area contributed by atoms with Crippen LogP contribution in [0.2, 0.25) is 0 Å². The van der Waals surface area contributed by atoms with Gasteiger partial charge in [-0.2, -0.15) is 0 Å². The van der Waals surface area contributed by atoms with Crippen molar-refractivity contribution in [3.8, 4) is 0 Å². The molecule has 4 heteroatoms. The molecule has 0 saturated heterocycles. The summed E-state index contributed by atoms with van der Waals surface area (Å²) in [6.07, 6.45) is 0.562. The van der Waals surface area contributed by atoms with Crippen LogP contribution in [0.15, 0.2) is 48.5 Å². The molecule has 2 atom stereocenters. The number of nitrogens with zero attached hydrogens (tertiary/aromatic N) is 1. The molecule has 1 amide bonds. The van der Waals surface area contributed by atoms with E-state index < -0.39 is 11.5 Å². The molecule has 0 aromatic heterocycles. The number of amides is 1. The van der Waals surface area contributed by atoms with Gasteiger partial charge in [-0.25, -0.2) is 0 Å². The quantitative estimate of drug-likeness (QED) is 0.807. The van der Waals surface area contributed by atoms with E-state index in [-0.39, 0.29) is 5.92 Å². The highest BCUT2D eigenvalue weighted by molar-refractivity contribution is 6.06. The molecule has 5 rings (SSSR count). The summed E-state index contributed by atoms with van der Waals surface area (Å²) in [5.41, 5.74) is 0.883. The molecule has 1 N–H and O–H groups in total. The maximum atomic E-state index is 12.9. The summed E-state index contributed by atoms with van der Waals surface area (Å²) in [5, 5.41) is 11.1. The predicted molar refractivity (Wildman–Crippen MR) is 75.7 cm³/mol. The Morgan fingerprint density at radius 2 is 1.76 bits per heavy atom. The van der Waals surface area contributed by atoms with Crippen molar-refractivity contribution in [2.75, 3.05) is 6.54 Å². The van der Waals surface area contributed by atoms with E-state index in [1.54, 1.807) is 24.3 Å². The molecule has 2 aromatic carbocycles. The molecule has 2 unspecified atom stereocenters. The fraction of sp³-hybridized carbons (Fsp3) is 0.176. The van der Waals surface area contributed by atoms with Crippen molar-refractivity contribution in [3.63, 3.8) is 0 Å². The first-order chi connectivity index (χ1) is 10.2. The third-order valence-corrected chi connectivity index (χ3v) is 4.53. The summed E-state index contributed by atoms with van der Waals surface area (Å²) >= 11 is 0. The summed E-state index contributed by atoms with van der Waals surface area (Å²) in [6.45, 7) is 0.305. The number of benzene rings is 2. The molecule has 0 spiro atoms. The molecule has 0 fully saturated rings. The number of carbonyl (C=O) groups excluding carboxylic acids is 2. The van der Waals surface area contributed by atoms with Crippen LogP contribution in [0.1, 0.15) is 33.0 Å². The minimum atomic E-state index is -1.90. The van der Waals surface area contributed by atoms with E-state index in [9.17, 15) is 14.7 Å². The smallest absolute Gasteiger partial charge is 0.232 e. The van der Waals surface area contributed by atoms with E-state index in [2.05, 4.69) is 0 Å². The Kier molecular flexibility index (Phi) is 2.35. The minimum Gasteiger partial charge on any atom is -0.361 e. The number of fused-ring (bicyclic) bond motifs is 1. The molecular formula is C17H13NO3. The summed E-state index contributed by atoms with van der Waals surface area (Å²) in [4.78, 5) is 25.5. The van der Waals surface area contributed by atoms with Gasteiger partial charge < -0.3 is 10.0 Å². The third-order valence-electron chi connectivity index (χ3n) is 4.53. The zero-order chi connectivity index (χ0) is 14.6. The first-order valence-corrected chi connectivity index (χ1v) is 6.85. The lowest BCUT2D eigenvalue weighted by Crippen LogP contribution is -2.54. The molecule has 2 aromatic rings. The van der Waals surface area contributed by atoms with Crippen LogP contribution >= 0.6 is 0 Å². The molecular weight excluding hydrogens is 266 g/mol. The molecule has 1 aliphatic carbocycles. The van der Waals surface area contributed by atoms with E-state index in [1.165, 1.54) is 4.90 Å². The van der Waals surface area contributed by atoms with Gasteiger partial charge in [-0.1, -0.05) is 48.5 Å². The monoisotopic (exact) mass is 279 g/mol. The molecule has 3 aliphatic rings. The summed E-state index contributed by atoms with van der Waals surface area (Å²) in [6, 6.07) is 14.6. The number of aliphatic hydroxyl groups is 1. The topological polar surface area (TPSA) is 57.6 Å². The lowest BCUT2D eigenvalue weighted by molar-refractivity contribution is -0.140. The Hall–Kier alpha value is -2.46. The molecule has 2 bridgehead atoms. The summed E-state index contributed by atoms with van der Waals surface area (Å²) in [5.74, 6) is -0.521. The number of hydrogen-bond acceptors (Lipinski definition) is 3. The molecule has 2 aliphatic heterocycles. The van der Waals surface area contributed by atoms with Gasteiger partial charge in [0, 0.05) is 23.6 Å². The number of rotatable bonds is 1. The molecule has 0 saturated carbocycles. The lowest BCUT2D eigenvalue weighted by atomic mass is 9.83. The second kappa shape index (κ2) is 4.02. The van der Waals surface area contributed by atoms with Crippen LogP contribution in [0, 0.1) is 0 Å². The lowest BCUT2D eigenvalue weighted by Gasteiger charge is -2.41. The fourth-order valence-corrected chi connectivity index (χ4v) is 3.53. The van der Waals surface area contributed by atoms with Gasteiger partial charge in [0.25, 0.3) is 0 Å². The average molecular weight is 279 g/mol. The van der Waals surface area contributed by atoms with Gasteiger partial charge in [0.05, 0.1) is 0 Å². The van der Waals surface area contributed by atoms with Gasteiger partial charge >= 0.3 is 0 Å². The molecule has 0 radical (unpaired) electrons. The SMILES string of the molecule is O=CN1CC2c3ccccc3C(=O)C1(O)c1ccccc12. The number of Topliss-reactive ketones (excluding diaryl/α,β-unsaturated/α-hetero) is 1. The van der Waals surface area contributed by atoms with Gasteiger partial charge in [0.15, 0.2) is 0 Å². The zero-order valence-electron chi connectivity index (χ0n) is 11.2. The van der Waals surface area contributed by atoms with Crippen molar-refractivity contribution in [1.29, 1.82) is 0 Å². The van der Waals surface area contributed by atoms with Crippen molar-refractivity contribution in [3.05, 3.63) is 70.8 Å². The molecule has 4 nitrogen and oxygen atoms in total. The van der Waals surface area contributed by atoms with Gasteiger partial charge in [-0.15, -0.1) is 0 Å². The van der Waals surface area contributed by atoms with Gasteiger partial charge in [-0.05, 0) is 11.1 Å². The highest BCUT2D eigenvalue weighted by Gasteiger charge is 2.53. The summed E-state index contributed by atoms with van der Waals surface area (Å²) in [7, 11) is 0. The largest absolute Gasteiger partial charge is 0.361 e. The van der Waals surface area contributed by atoms with Crippen molar-refractivity contribution < 1.29 is 14.7 Å². The van der Waals surface area contributed by atoms with Crippen LogP contribution in [0.3, 0.4) is 0 Å². The van der Waals surface area contributed by atoms with E-state index >= 15 is 0 Å². The first-order valence-electron chi connectivity index (χ1n) is 6.85. The molecule has 104 valence electrons. The summed E-state index contributed by atoms with van der Waals surface area (Å²) < 4.78 is 0. The second-order valence-electron chi connectivity index (χ2n) is 5.49. The fourth-order valence-electron chi connectivity index (χ4n) is 3.53. The van der Waals surface area contributed by atoms with E-state index in [0.717, 1.165) is 11.1 Å². The standard InChI is InChI=1S/C17H13NO3/c19-10-18-9-14-11-5-1-2-7-13(11)16(20)17(18,21)15-8-4-3-6-12(14)15/h1-8,10,14,21H,9H2. The third kappa shape index (κ3) is 1.37. The van der Waals surface area contributed by atoms with Gasteiger partial charge in [0.1, 0.15) is 0 Å². The maximum absolute atomic E-state index is 12.9. The van der Waals surface area contributed by atoms with Crippen LogP contribution in [-0.4, -0.2) is 28.7 Å². The Labute approximate surface area is 121 Å². The van der Waals surface area contributed by atoms with Crippen molar-refractivity contribution in [1.82, 2.24) is 4.90 Å². The number of carbonyl (C=O) groups is 2. The first kappa shape index (κ1) is 12.3. The highest BCUT2D eigenvalue weighted by Crippen LogP contribution is 2.47. The normalized spacial score (nSPS) is 26.0. The van der Waals surface area contributed by atoms with Crippen LogP contribution in [0.25, 0.3) is 0 Å². The molecule has 2 heterocycles. The van der Waals surface area contributed by atoms with Crippen LogP contribution in [-0.2, 0) is 10.5 Å². The highest BCUT2D eigenvalue weighted by atomic mass is 16.3. The van der Waals surface area contributed by atoms with E-state index in [0.29, 0.717) is 24.1 Å². The average Bonchev–Trinajstić information content (AvgIpc) is 2.68. The van der Waals surface area contributed by atoms with Crippen LogP contribution in [0.4, 0.5) is 0 Å². The van der Waals surface area contributed by atoms with Crippen molar-refractivity contribution >= 4 is 12.2 Å². The maximum Gasteiger partial charge on any atom is 0.232 e.